The number of halogens is 1. The smallest absolute Gasteiger partial charge is 0.341 e. The molecule has 3 rings (SSSR count). The Labute approximate surface area is 178 Å². The van der Waals surface area contributed by atoms with Crippen LogP contribution in [0.4, 0.5) is 5.00 Å². The highest BCUT2D eigenvalue weighted by molar-refractivity contribution is 7.17. The Hall–Kier alpha value is -2.83. The average molecular weight is 430 g/mol. The topological polar surface area (TPSA) is 64.6 Å². The minimum Gasteiger partial charge on any atom is -0.484 e. The predicted molar refractivity (Wildman–Crippen MR) is 116 cm³/mol. The van der Waals surface area contributed by atoms with Crippen molar-refractivity contribution in [2.75, 3.05) is 19.0 Å². The van der Waals surface area contributed by atoms with Crippen molar-refractivity contribution < 1.29 is 19.1 Å². The summed E-state index contributed by atoms with van der Waals surface area (Å²) in [6.45, 7) is 3.71. The minimum atomic E-state index is -0.501. The van der Waals surface area contributed by atoms with Gasteiger partial charge in [0.25, 0.3) is 5.91 Å². The molecule has 1 amide bonds. The SMILES string of the molecule is COC(=O)c1c(NC(=O)COc2ccc(Cl)cc2)sc(C)c1-c1ccc(C)cc1. The molecule has 0 fully saturated rings. The van der Waals surface area contributed by atoms with Crippen molar-refractivity contribution in [3.63, 3.8) is 0 Å². The van der Waals surface area contributed by atoms with Gasteiger partial charge in [0, 0.05) is 15.5 Å². The highest BCUT2D eigenvalue weighted by Gasteiger charge is 2.25. The Morgan fingerprint density at radius 3 is 2.31 bits per heavy atom. The molecule has 0 saturated heterocycles. The van der Waals surface area contributed by atoms with E-state index in [1.807, 2.05) is 38.1 Å². The molecule has 0 aliphatic rings. The van der Waals surface area contributed by atoms with Crippen LogP contribution in [-0.2, 0) is 9.53 Å². The number of carbonyl (C=O) groups excluding carboxylic acids is 2. The molecule has 0 saturated carbocycles. The van der Waals surface area contributed by atoms with Gasteiger partial charge in [-0.05, 0) is 43.7 Å². The van der Waals surface area contributed by atoms with Crippen LogP contribution in [0.25, 0.3) is 11.1 Å². The fraction of sp³-hybridized carbons (Fsp3) is 0.182. The Kier molecular flexibility index (Phi) is 6.56. The number of rotatable bonds is 6. The number of thiophene rings is 1. The van der Waals surface area contributed by atoms with Crippen LogP contribution in [0, 0.1) is 13.8 Å². The van der Waals surface area contributed by atoms with Crippen molar-refractivity contribution in [2.24, 2.45) is 0 Å². The summed E-state index contributed by atoms with van der Waals surface area (Å²) in [5.74, 6) is -0.346. The highest BCUT2D eigenvalue weighted by atomic mass is 35.5. The summed E-state index contributed by atoms with van der Waals surface area (Å²) >= 11 is 7.17. The van der Waals surface area contributed by atoms with Gasteiger partial charge in [-0.25, -0.2) is 4.79 Å². The van der Waals surface area contributed by atoms with Gasteiger partial charge in [0.15, 0.2) is 6.61 Å². The van der Waals surface area contributed by atoms with E-state index in [4.69, 9.17) is 21.1 Å². The van der Waals surface area contributed by atoms with Crippen molar-refractivity contribution in [1.29, 1.82) is 0 Å². The predicted octanol–water partition coefficient (Wildman–Crippen LogP) is 5.49. The number of benzene rings is 2. The molecule has 1 aromatic heterocycles. The van der Waals surface area contributed by atoms with Crippen LogP contribution in [0.2, 0.25) is 5.02 Å². The van der Waals surface area contributed by atoms with Gasteiger partial charge >= 0.3 is 5.97 Å². The number of hydrogen-bond acceptors (Lipinski definition) is 5. The highest BCUT2D eigenvalue weighted by Crippen LogP contribution is 2.40. The molecule has 0 unspecified atom stereocenters. The lowest BCUT2D eigenvalue weighted by Crippen LogP contribution is -2.21. The van der Waals surface area contributed by atoms with Crippen LogP contribution < -0.4 is 10.1 Å². The van der Waals surface area contributed by atoms with E-state index in [1.54, 1.807) is 24.3 Å². The van der Waals surface area contributed by atoms with E-state index in [-0.39, 0.29) is 12.5 Å². The second-order valence-corrected chi connectivity index (χ2v) is 8.05. The molecule has 0 aliphatic carbocycles. The van der Waals surface area contributed by atoms with Gasteiger partial charge in [-0.15, -0.1) is 11.3 Å². The number of nitrogens with one attached hydrogen (secondary N) is 1. The molecule has 0 atom stereocenters. The first-order chi connectivity index (χ1) is 13.9. The number of amides is 1. The van der Waals surface area contributed by atoms with E-state index < -0.39 is 5.97 Å². The monoisotopic (exact) mass is 429 g/mol. The molecule has 29 heavy (non-hydrogen) atoms. The maximum Gasteiger partial charge on any atom is 0.341 e. The molecular formula is C22H20ClNO4S. The fourth-order valence-corrected chi connectivity index (χ4v) is 4.05. The molecular weight excluding hydrogens is 410 g/mol. The summed E-state index contributed by atoms with van der Waals surface area (Å²) in [4.78, 5) is 25.8. The lowest BCUT2D eigenvalue weighted by Gasteiger charge is -2.09. The molecule has 150 valence electrons. The van der Waals surface area contributed by atoms with Crippen molar-refractivity contribution >= 4 is 39.8 Å². The summed E-state index contributed by atoms with van der Waals surface area (Å²) in [5, 5.41) is 3.80. The molecule has 1 N–H and O–H groups in total. The first-order valence-corrected chi connectivity index (χ1v) is 10.1. The molecule has 0 radical (unpaired) electrons. The van der Waals surface area contributed by atoms with Gasteiger partial charge in [0.1, 0.15) is 16.3 Å². The van der Waals surface area contributed by atoms with Gasteiger partial charge in [-0.1, -0.05) is 41.4 Å². The van der Waals surface area contributed by atoms with E-state index in [2.05, 4.69) is 5.32 Å². The minimum absolute atomic E-state index is 0.195. The maximum absolute atomic E-state index is 12.5. The van der Waals surface area contributed by atoms with Crippen LogP contribution in [0.15, 0.2) is 48.5 Å². The van der Waals surface area contributed by atoms with Crippen LogP contribution in [-0.4, -0.2) is 25.6 Å². The molecule has 5 nitrogen and oxygen atoms in total. The van der Waals surface area contributed by atoms with Gasteiger partial charge in [0.2, 0.25) is 0 Å². The number of methoxy groups -OCH3 is 1. The fourth-order valence-electron chi connectivity index (χ4n) is 2.84. The third-order valence-electron chi connectivity index (χ3n) is 4.25. The van der Waals surface area contributed by atoms with Crippen LogP contribution in [0.3, 0.4) is 0 Å². The number of anilines is 1. The summed E-state index contributed by atoms with van der Waals surface area (Å²) in [6, 6.07) is 14.6. The van der Waals surface area contributed by atoms with Gasteiger partial charge in [-0.3, -0.25) is 4.79 Å². The normalized spacial score (nSPS) is 10.5. The van der Waals surface area contributed by atoms with Crippen molar-refractivity contribution in [1.82, 2.24) is 0 Å². The van der Waals surface area contributed by atoms with Crippen molar-refractivity contribution in [3.05, 3.63) is 69.6 Å². The molecule has 0 bridgehead atoms. The van der Waals surface area contributed by atoms with E-state index in [0.717, 1.165) is 21.6 Å². The lowest BCUT2D eigenvalue weighted by molar-refractivity contribution is -0.118. The number of aryl methyl sites for hydroxylation is 2. The molecule has 1 heterocycles. The van der Waals surface area contributed by atoms with E-state index in [0.29, 0.717) is 21.3 Å². The second kappa shape index (κ2) is 9.11. The molecule has 0 spiro atoms. The van der Waals surface area contributed by atoms with E-state index in [9.17, 15) is 9.59 Å². The molecule has 7 heteroatoms. The zero-order chi connectivity index (χ0) is 21.0. The largest absolute Gasteiger partial charge is 0.484 e. The molecule has 2 aromatic carbocycles. The zero-order valence-corrected chi connectivity index (χ0v) is 17.8. The number of hydrogen-bond donors (Lipinski definition) is 1. The Morgan fingerprint density at radius 1 is 1.03 bits per heavy atom. The summed E-state index contributed by atoms with van der Waals surface area (Å²) in [7, 11) is 1.32. The lowest BCUT2D eigenvalue weighted by atomic mass is 10.0. The van der Waals surface area contributed by atoms with Crippen LogP contribution in [0.1, 0.15) is 20.8 Å². The molecule has 3 aromatic rings. The van der Waals surface area contributed by atoms with E-state index in [1.165, 1.54) is 18.4 Å². The third-order valence-corrected chi connectivity index (χ3v) is 5.52. The number of carbonyl (C=O) groups is 2. The van der Waals surface area contributed by atoms with Crippen molar-refractivity contribution in [3.8, 4) is 16.9 Å². The summed E-state index contributed by atoms with van der Waals surface area (Å²) in [6.07, 6.45) is 0. The van der Waals surface area contributed by atoms with Crippen LogP contribution >= 0.6 is 22.9 Å². The van der Waals surface area contributed by atoms with Gasteiger partial charge in [-0.2, -0.15) is 0 Å². The van der Waals surface area contributed by atoms with E-state index >= 15 is 0 Å². The quantitative estimate of drug-likeness (QED) is 0.526. The molecule has 0 aliphatic heterocycles. The average Bonchev–Trinajstić information content (AvgIpc) is 3.03. The Morgan fingerprint density at radius 2 is 1.69 bits per heavy atom. The van der Waals surface area contributed by atoms with Gasteiger partial charge < -0.3 is 14.8 Å². The Balaban J connectivity index is 1.83. The summed E-state index contributed by atoms with van der Waals surface area (Å²) in [5.41, 5.74) is 3.12. The first kappa shape index (κ1) is 20.9. The number of esters is 1. The second-order valence-electron chi connectivity index (χ2n) is 6.39. The van der Waals surface area contributed by atoms with Crippen molar-refractivity contribution in [2.45, 2.75) is 13.8 Å². The zero-order valence-electron chi connectivity index (χ0n) is 16.2. The van der Waals surface area contributed by atoms with Gasteiger partial charge in [0.05, 0.1) is 7.11 Å². The standard InChI is InChI=1S/C22H20ClNO4S/c1-13-4-6-15(7-5-13)19-14(2)29-21(20(19)22(26)27-3)24-18(25)12-28-17-10-8-16(23)9-11-17/h4-11H,12H2,1-3H3,(H,24,25). The Bertz CT molecular complexity index is 1030. The summed E-state index contributed by atoms with van der Waals surface area (Å²) < 4.78 is 10.4. The van der Waals surface area contributed by atoms with Crippen LogP contribution in [0.5, 0.6) is 5.75 Å². The maximum atomic E-state index is 12.5. The first-order valence-electron chi connectivity index (χ1n) is 8.86. The third kappa shape index (κ3) is 4.96. The number of ether oxygens (including phenoxy) is 2.